The Morgan fingerprint density at radius 3 is 2.33 bits per heavy atom. The minimum Gasteiger partial charge on any atom is -0.460 e. The number of hydrogen-bond acceptors (Lipinski definition) is 4. The summed E-state index contributed by atoms with van der Waals surface area (Å²) in [5.41, 5.74) is -0.408. The molecule has 0 aromatic heterocycles. The van der Waals surface area contributed by atoms with Crippen LogP contribution in [0.2, 0.25) is 0 Å². The molecule has 0 unspecified atom stereocenters. The lowest BCUT2D eigenvalue weighted by molar-refractivity contribution is -0.162. The summed E-state index contributed by atoms with van der Waals surface area (Å²) in [5, 5.41) is 0. The molecule has 0 N–H and O–H groups in total. The SMILES string of the molecule is CC(C)(C)OC(=O)C1CCC(OCCC=O)CC1. The van der Waals surface area contributed by atoms with Gasteiger partial charge in [-0.15, -0.1) is 0 Å². The van der Waals surface area contributed by atoms with E-state index in [4.69, 9.17) is 9.47 Å². The van der Waals surface area contributed by atoms with Gasteiger partial charge in [-0.3, -0.25) is 4.79 Å². The van der Waals surface area contributed by atoms with Crippen LogP contribution in [0, 0.1) is 5.92 Å². The molecule has 18 heavy (non-hydrogen) atoms. The van der Waals surface area contributed by atoms with Crippen LogP contribution in [0.25, 0.3) is 0 Å². The number of ether oxygens (including phenoxy) is 2. The molecule has 4 heteroatoms. The third kappa shape index (κ3) is 5.63. The zero-order valence-corrected chi connectivity index (χ0v) is 11.6. The lowest BCUT2D eigenvalue weighted by Gasteiger charge is -2.29. The van der Waals surface area contributed by atoms with Crippen molar-refractivity contribution in [3.8, 4) is 0 Å². The van der Waals surface area contributed by atoms with Crippen LogP contribution in [0.3, 0.4) is 0 Å². The first-order valence-electron chi connectivity index (χ1n) is 6.70. The van der Waals surface area contributed by atoms with Crippen molar-refractivity contribution in [3.63, 3.8) is 0 Å². The summed E-state index contributed by atoms with van der Waals surface area (Å²) in [4.78, 5) is 22.1. The Hall–Kier alpha value is -0.900. The highest BCUT2D eigenvalue weighted by atomic mass is 16.6. The van der Waals surface area contributed by atoms with Gasteiger partial charge in [-0.2, -0.15) is 0 Å². The Morgan fingerprint density at radius 2 is 1.83 bits per heavy atom. The Bertz CT molecular complexity index is 272. The zero-order valence-electron chi connectivity index (χ0n) is 11.6. The van der Waals surface area contributed by atoms with E-state index in [1.807, 2.05) is 20.8 Å². The van der Waals surface area contributed by atoms with Gasteiger partial charge >= 0.3 is 5.97 Å². The molecule has 0 spiro atoms. The van der Waals surface area contributed by atoms with E-state index in [2.05, 4.69) is 0 Å². The van der Waals surface area contributed by atoms with E-state index < -0.39 is 5.60 Å². The number of rotatable bonds is 5. The summed E-state index contributed by atoms with van der Waals surface area (Å²) in [6.45, 7) is 6.16. The van der Waals surface area contributed by atoms with E-state index in [0.717, 1.165) is 32.0 Å². The Labute approximate surface area is 109 Å². The number of esters is 1. The molecule has 0 radical (unpaired) electrons. The van der Waals surface area contributed by atoms with Crippen molar-refractivity contribution in [1.29, 1.82) is 0 Å². The highest BCUT2D eigenvalue weighted by Gasteiger charge is 2.30. The maximum Gasteiger partial charge on any atom is 0.309 e. The normalized spacial score (nSPS) is 24.6. The minimum absolute atomic E-state index is 0.00939. The highest BCUT2D eigenvalue weighted by Crippen LogP contribution is 2.28. The van der Waals surface area contributed by atoms with Crippen LogP contribution in [0.15, 0.2) is 0 Å². The van der Waals surface area contributed by atoms with Gasteiger partial charge in [0.25, 0.3) is 0 Å². The molecular formula is C14H24O4. The fourth-order valence-electron chi connectivity index (χ4n) is 2.13. The molecule has 0 aromatic carbocycles. The molecule has 1 rings (SSSR count). The second kappa shape index (κ2) is 6.88. The average molecular weight is 256 g/mol. The number of aldehydes is 1. The Kier molecular flexibility index (Phi) is 5.79. The van der Waals surface area contributed by atoms with Gasteiger partial charge in [0.1, 0.15) is 11.9 Å². The van der Waals surface area contributed by atoms with Crippen molar-refractivity contribution < 1.29 is 19.1 Å². The molecule has 0 aliphatic heterocycles. The van der Waals surface area contributed by atoms with Crippen LogP contribution >= 0.6 is 0 Å². The molecule has 1 aliphatic carbocycles. The fourth-order valence-corrected chi connectivity index (χ4v) is 2.13. The summed E-state index contributed by atoms with van der Waals surface area (Å²) >= 11 is 0. The molecule has 4 nitrogen and oxygen atoms in total. The van der Waals surface area contributed by atoms with Gasteiger partial charge in [-0.05, 0) is 46.5 Å². The summed E-state index contributed by atoms with van der Waals surface area (Å²) in [7, 11) is 0. The Morgan fingerprint density at radius 1 is 1.22 bits per heavy atom. The van der Waals surface area contributed by atoms with Crippen LogP contribution in [0.4, 0.5) is 0 Å². The summed E-state index contributed by atoms with van der Waals surface area (Å²) < 4.78 is 11.0. The topological polar surface area (TPSA) is 52.6 Å². The van der Waals surface area contributed by atoms with E-state index in [-0.39, 0.29) is 18.0 Å². The standard InChI is InChI=1S/C14H24O4/c1-14(2,3)18-13(16)11-5-7-12(8-6-11)17-10-4-9-15/h9,11-12H,4-8,10H2,1-3H3. The number of carbonyl (C=O) groups is 2. The zero-order chi connectivity index (χ0) is 13.6. The molecule has 0 bridgehead atoms. The molecule has 0 amide bonds. The fraction of sp³-hybridized carbons (Fsp3) is 0.857. The highest BCUT2D eigenvalue weighted by molar-refractivity contribution is 5.72. The first-order valence-corrected chi connectivity index (χ1v) is 6.70. The second-order valence-corrected chi connectivity index (χ2v) is 5.83. The van der Waals surface area contributed by atoms with Crippen LogP contribution in [0.1, 0.15) is 52.9 Å². The lowest BCUT2D eigenvalue weighted by atomic mass is 9.87. The maximum absolute atomic E-state index is 11.9. The lowest BCUT2D eigenvalue weighted by Crippen LogP contribution is -2.32. The predicted molar refractivity (Wildman–Crippen MR) is 68.2 cm³/mol. The maximum atomic E-state index is 11.9. The average Bonchev–Trinajstić information content (AvgIpc) is 2.28. The van der Waals surface area contributed by atoms with Crippen molar-refractivity contribution in [2.45, 2.75) is 64.6 Å². The molecule has 0 saturated heterocycles. The predicted octanol–water partition coefficient (Wildman–Crippen LogP) is 2.49. The molecule has 0 heterocycles. The van der Waals surface area contributed by atoms with E-state index in [0.29, 0.717) is 13.0 Å². The van der Waals surface area contributed by atoms with Gasteiger partial charge in [0.05, 0.1) is 18.6 Å². The smallest absolute Gasteiger partial charge is 0.309 e. The van der Waals surface area contributed by atoms with Crippen LogP contribution in [0.5, 0.6) is 0 Å². The van der Waals surface area contributed by atoms with Gasteiger partial charge in [0, 0.05) is 6.42 Å². The van der Waals surface area contributed by atoms with Crippen LogP contribution in [-0.4, -0.2) is 30.6 Å². The molecule has 1 fully saturated rings. The third-order valence-electron chi connectivity index (χ3n) is 3.00. The monoisotopic (exact) mass is 256 g/mol. The first kappa shape index (κ1) is 15.2. The first-order chi connectivity index (χ1) is 8.42. The van der Waals surface area contributed by atoms with Crippen molar-refractivity contribution in [1.82, 2.24) is 0 Å². The second-order valence-electron chi connectivity index (χ2n) is 5.83. The van der Waals surface area contributed by atoms with Gasteiger partial charge in [0.2, 0.25) is 0 Å². The van der Waals surface area contributed by atoms with Crippen LogP contribution < -0.4 is 0 Å². The number of carbonyl (C=O) groups excluding carboxylic acids is 2. The molecular weight excluding hydrogens is 232 g/mol. The van der Waals surface area contributed by atoms with Crippen molar-refractivity contribution in [2.24, 2.45) is 5.92 Å². The van der Waals surface area contributed by atoms with E-state index >= 15 is 0 Å². The molecule has 1 aliphatic rings. The summed E-state index contributed by atoms with van der Waals surface area (Å²) in [6, 6.07) is 0. The summed E-state index contributed by atoms with van der Waals surface area (Å²) in [6.07, 6.45) is 4.91. The molecule has 0 aromatic rings. The van der Waals surface area contributed by atoms with Gasteiger partial charge < -0.3 is 14.3 Å². The third-order valence-corrected chi connectivity index (χ3v) is 3.00. The molecule has 1 saturated carbocycles. The van der Waals surface area contributed by atoms with Crippen molar-refractivity contribution >= 4 is 12.3 Å². The van der Waals surface area contributed by atoms with Crippen LogP contribution in [-0.2, 0) is 19.1 Å². The van der Waals surface area contributed by atoms with E-state index in [1.54, 1.807) is 0 Å². The summed E-state index contributed by atoms with van der Waals surface area (Å²) in [5.74, 6) is -0.0796. The van der Waals surface area contributed by atoms with Gasteiger partial charge in [0.15, 0.2) is 0 Å². The number of hydrogen-bond donors (Lipinski definition) is 0. The Balaban J connectivity index is 2.26. The largest absolute Gasteiger partial charge is 0.460 e. The van der Waals surface area contributed by atoms with Gasteiger partial charge in [-0.1, -0.05) is 0 Å². The quantitative estimate of drug-likeness (QED) is 0.431. The minimum atomic E-state index is -0.408. The van der Waals surface area contributed by atoms with E-state index in [1.165, 1.54) is 0 Å². The molecule has 104 valence electrons. The van der Waals surface area contributed by atoms with E-state index in [9.17, 15) is 9.59 Å². The van der Waals surface area contributed by atoms with Crippen molar-refractivity contribution in [2.75, 3.05) is 6.61 Å². The van der Waals surface area contributed by atoms with Crippen molar-refractivity contribution in [3.05, 3.63) is 0 Å². The molecule has 0 atom stereocenters. The van der Waals surface area contributed by atoms with Gasteiger partial charge in [-0.25, -0.2) is 0 Å².